The third-order valence-electron chi connectivity index (χ3n) is 3.98. The molecule has 1 aromatic carbocycles. The molecule has 1 fully saturated rings. The van der Waals surface area contributed by atoms with Crippen molar-refractivity contribution in [2.45, 2.75) is 32.2 Å². The van der Waals surface area contributed by atoms with Crippen LogP contribution in [0.4, 0.5) is 0 Å². The molecule has 0 spiro atoms. The number of carbonyl (C=O) groups is 2. The summed E-state index contributed by atoms with van der Waals surface area (Å²) in [5.41, 5.74) is 0.689. The van der Waals surface area contributed by atoms with Crippen LogP contribution < -0.4 is 9.47 Å². The Labute approximate surface area is 162 Å². The normalized spacial score (nSPS) is 16.9. The monoisotopic (exact) mass is 395 g/mol. The number of benzene rings is 1. The van der Waals surface area contributed by atoms with E-state index in [0.717, 1.165) is 18.2 Å². The van der Waals surface area contributed by atoms with Crippen LogP contribution in [0.15, 0.2) is 23.1 Å². The van der Waals surface area contributed by atoms with Gasteiger partial charge < -0.3 is 14.6 Å². The van der Waals surface area contributed by atoms with Gasteiger partial charge in [-0.1, -0.05) is 43.7 Å². The first-order valence-electron chi connectivity index (χ1n) is 8.14. The maximum absolute atomic E-state index is 12.8. The van der Waals surface area contributed by atoms with E-state index in [1.54, 1.807) is 31.4 Å². The molecule has 1 amide bonds. The number of amides is 1. The molecule has 1 aliphatic heterocycles. The number of aliphatic carboxylic acids is 1. The van der Waals surface area contributed by atoms with Crippen LogP contribution in [0.25, 0.3) is 6.08 Å². The molecule has 26 heavy (non-hydrogen) atoms. The van der Waals surface area contributed by atoms with Crippen molar-refractivity contribution in [2.24, 2.45) is 0 Å². The quantitative estimate of drug-likeness (QED) is 0.533. The van der Waals surface area contributed by atoms with Crippen molar-refractivity contribution in [2.75, 3.05) is 14.2 Å². The lowest BCUT2D eigenvalue weighted by atomic mass is 10.1. The number of carbonyl (C=O) groups excluding carboxylic acids is 1. The van der Waals surface area contributed by atoms with Gasteiger partial charge >= 0.3 is 5.97 Å². The molecule has 0 aromatic heterocycles. The fourth-order valence-electron chi connectivity index (χ4n) is 2.59. The SMILES string of the molecule is CCCC[C@@H](C(=O)O)N1C(=O)/C(=C/c2ccc(OC)cc2OC)SC1=S. The lowest BCUT2D eigenvalue weighted by Gasteiger charge is -2.22. The van der Waals surface area contributed by atoms with Gasteiger partial charge in [-0.15, -0.1) is 0 Å². The zero-order valence-electron chi connectivity index (χ0n) is 14.9. The Hall–Kier alpha value is -2.06. The lowest BCUT2D eigenvalue weighted by Crippen LogP contribution is -2.43. The highest BCUT2D eigenvalue weighted by Gasteiger charge is 2.40. The van der Waals surface area contributed by atoms with Crippen molar-refractivity contribution in [3.8, 4) is 11.5 Å². The number of nitrogens with zero attached hydrogens (tertiary/aromatic N) is 1. The highest BCUT2D eigenvalue weighted by atomic mass is 32.2. The van der Waals surface area contributed by atoms with Gasteiger partial charge in [-0.25, -0.2) is 4.79 Å². The third kappa shape index (κ3) is 4.37. The predicted molar refractivity (Wildman–Crippen MR) is 106 cm³/mol. The van der Waals surface area contributed by atoms with Gasteiger partial charge in [0.05, 0.1) is 19.1 Å². The van der Waals surface area contributed by atoms with Crippen molar-refractivity contribution < 1.29 is 24.2 Å². The van der Waals surface area contributed by atoms with Crippen LogP contribution in [0.2, 0.25) is 0 Å². The molecule has 8 heteroatoms. The number of hydrogen-bond donors (Lipinski definition) is 1. The van der Waals surface area contributed by atoms with E-state index in [9.17, 15) is 14.7 Å². The number of carboxylic acids is 1. The van der Waals surface area contributed by atoms with Crippen LogP contribution in [0.3, 0.4) is 0 Å². The Bertz CT molecular complexity index is 747. The average molecular weight is 396 g/mol. The summed E-state index contributed by atoms with van der Waals surface area (Å²) in [4.78, 5) is 26.0. The molecule has 1 atom stereocenters. The van der Waals surface area contributed by atoms with E-state index in [2.05, 4.69) is 0 Å². The Balaban J connectivity index is 2.33. The van der Waals surface area contributed by atoms with Crippen LogP contribution in [0.5, 0.6) is 11.5 Å². The summed E-state index contributed by atoms with van der Waals surface area (Å²) in [6, 6.07) is 4.31. The summed E-state index contributed by atoms with van der Waals surface area (Å²) >= 11 is 6.37. The number of rotatable bonds is 8. The summed E-state index contributed by atoms with van der Waals surface area (Å²) in [6.45, 7) is 1.97. The van der Waals surface area contributed by atoms with E-state index in [4.69, 9.17) is 21.7 Å². The molecule has 1 N–H and O–H groups in total. The minimum absolute atomic E-state index is 0.261. The second-order valence-electron chi connectivity index (χ2n) is 5.66. The summed E-state index contributed by atoms with van der Waals surface area (Å²) < 4.78 is 10.8. The molecule has 1 aromatic rings. The third-order valence-corrected chi connectivity index (χ3v) is 5.31. The van der Waals surface area contributed by atoms with E-state index in [0.29, 0.717) is 34.8 Å². The summed E-state index contributed by atoms with van der Waals surface area (Å²) in [6.07, 6.45) is 3.59. The molecule has 0 aliphatic carbocycles. The van der Waals surface area contributed by atoms with E-state index in [-0.39, 0.29) is 10.2 Å². The standard InChI is InChI=1S/C18H21NO5S2/c1-4-5-6-13(17(21)22)19-16(20)15(26-18(19)25)9-11-7-8-12(23-2)10-14(11)24-3/h7-10,13H,4-6H2,1-3H3,(H,21,22)/b15-9-/t13-/m0/s1. The Morgan fingerprint density at radius 2 is 2.12 bits per heavy atom. The molecule has 0 saturated carbocycles. The summed E-state index contributed by atoms with van der Waals surface area (Å²) in [5, 5.41) is 9.50. The molecule has 1 aliphatic rings. The molecule has 6 nitrogen and oxygen atoms in total. The van der Waals surface area contributed by atoms with Gasteiger partial charge in [0.2, 0.25) is 0 Å². The van der Waals surface area contributed by atoms with Crippen molar-refractivity contribution in [3.63, 3.8) is 0 Å². The minimum atomic E-state index is -1.04. The first kappa shape index (κ1) is 20.3. The van der Waals surface area contributed by atoms with Crippen molar-refractivity contribution in [3.05, 3.63) is 28.7 Å². The van der Waals surface area contributed by atoms with E-state index in [1.165, 1.54) is 12.0 Å². The molecule has 1 saturated heterocycles. The van der Waals surface area contributed by atoms with Crippen LogP contribution >= 0.6 is 24.0 Å². The Morgan fingerprint density at radius 1 is 1.38 bits per heavy atom. The number of ether oxygens (including phenoxy) is 2. The van der Waals surface area contributed by atoms with Crippen LogP contribution in [-0.4, -0.2) is 46.5 Å². The highest BCUT2D eigenvalue weighted by molar-refractivity contribution is 8.26. The van der Waals surface area contributed by atoms with Gasteiger partial charge in [0.1, 0.15) is 21.9 Å². The molecule has 2 rings (SSSR count). The smallest absolute Gasteiger partial charge is 0.326 e. The zero-order chi connectivity index (χ0) is 19.3. The molecule has 0 radical (unpaired) electrons. The average Bonchev–Trinajstić information content (AvgIpc) is 2.89. The number of unbranched alkanes of at least 4 members (excludes halogenated alkanes) is 1. The topological polar surface area (TPSA) is 76.1 Å². The molecule has 0 unspecified atom stereocenters. The van der Waals surface area contributed by atoms with Gasteiger partial charge in [-0.2, -0.15) is 0 Å². The van der Waals surface area contributed by atoms with Gasteiger partial charge in [-0.05, 0) is 24.6 Å². The number of thiocarbonyl (C=S) groups is 1. The minimum Gasteiger partial charge on any atom is -0.497 e. The predicted octanol–water partition coefficient (Wildman–Crippen LogP) is 3.55. The zero-order valence-corrected chi connectivity index (χ0v) is 16.5. The maximum Gasteiger partial charge on any atom is 0.326 e. The molecule has 140 valence electrons. The van der Waals surface area contributed by atoms with Crippen molar-refractivity contribution >= 4 is 46.3 Å². The van der Waals surface area contributed by atoms with Crippen molar-refractivity contribution in [1.29, 1.82) is 0 Å². The van der Waals surface area contributed by atoms with Gasteiger partial charge in [0.15, 0.2) is 0 Å². The summed E-state index contributed by atoms with van der Waals surface area (Å²) in [5.74, 6) is -0.244. The fraction of sp³-hybridized carbons (Fsp3) is 0.389. The van der Waals surface area contributed by atoms with Crippen LogP contribution in [-0.2, 0) is 9.59 Å². The first-order valence-corrected chi connectivity index (χ1v) is 9.37. The lowest BCUT2D eigenvalue weighted by molar-refractivity contribution is -0.145. The second-order valence-corrected chi connectivity index (χ2v) is 7.33. The largest absolute Gasteiger partial charge is 0.497 e. The van der Waals surface area contributed by atoms with Gasteiger partial charge in [0, 0.05) is 11.6 Å². The number of carboxylic acid groups (broad SMARTS) is 1. The number of thioether (sulfide) groups is 1. The van der Waals surface area contributed by atoms with E-state index >= 15 is 0 Å². The fourth-order valence-corrected chi connectivity index (χ4v) is 3.94. The van der Waals surface area contributed by atoms with E-state index in [1.807, 2.05) is 6.92 Å². The molecular formula is C18H21NO5S2. The van der Waals surface area contributed by atoms with Gasteiger partial charge in [-0.3, -0.25) is 9.69 Å². The van der Waals surface area contributed by atoms with Gasteiger partial charge in [0.25, 0.3) is 5.91 Å². The Kier molecular flexibility index (Phi) is 7.05. The maximum atomic E-state index is 12.8. The highest BCUT2D eigenvalue weighted by Crippen LogP contribution is 2.37. The van der Waals surface area contributed by atoms with Crippen LogP contribution in [0, 0.1) is 0 Å². The summed E-state index contributed by atoms with van der Waals surface area (Å²) in [7, 11) is 3.09. The first-order chi connectivity index (χ1) is 12.4. The molecule has 1 heterocycles. The second kappa shape index (κ2) is 9.05. The number of hydrogen-bond acceptors (Lipinski definition) is 6. The van der Waals surface area contributed by atoms with Crippen LogP contribution in [0.1, 0.15) is 31.7 Å². The van der Waals surface area contributed by atoms with E-state index < -0.39 is 12.0 Å². The Morgan fingerprint density at radius 3 is 2.69 bits per heavy atom. The number of methoxy groups -OCH3 is 2. The molecule has 0 bridgehead atoms. The van der Waals surface area contributed by atoms with Crippen molar-refractivity contribution in [1.82, 2.24) is 4.90 Å². The molecular weight excluding hydrogens is 374 g/mol.